The molecule has 2 rings (SSSR count). The van der Waals surface area contributed by atoms with Crippen LogP contribution < -0.4 is 4.74 Å². The number of carbonyl (C=O) groups is 2. The van der Waals surface area contributed by atoms with E-state index in [9.17, 15) is 9.59 Å². The minimum Gasteiger partial charge on any atom is -0.425 e. The van der Waals surface area contributed by atoms with E-state index in [0.29, 0.717) is 11.3 Å². The molecule has 0 saturated carbocycles. The van der Waals surface area contributed by atoms with Crippen molar-refractivity contribution in [3.8, 4) is 5.75 Å². The summed E-state index contributed by atoms with van der Waals surface area (Å²) in [6, 6.07) is 3.56. The standard InChI is InChI=1S/C15H18O3/c1-14(2,3)10-6-9(8-16)7-11-12(10)18-13(17)15(11,4)5/h6-8H,1-5H3. The number of aldehydes is 1. The van der Waals surface area contributed by atoms with Gasteiger partial charge >= 0.3 is 5.97 Å². The van der Waals surface area contributed by atoms with E-state index < -0.39 is 5.41 Å². The van der Waals surface area contributed by atoms with Crippen LogP contribution in [0, 0.1) is 0 Å². The molecule has 0 bridgehead atoms. The average Bonchev–Trinajstić information content (AvgIpc) is 2.48. The fourth-order valence-electron chi connectivity index (χ4n) is 2.18. The fourth-order valence-corrected chi connectivity index (χ4v) is 2.18. The first kappa shape index (κ1) is 12.8. The molecule has 0 amide bonds. The SMILES string of the molecule is CC(C)(C)c1cc(C=O)cc2c1OC(=O)C2(C)C. The molecule has 0 aliphatic carbocycles. The fraction of sp³-hybridized carbons (Fsp3) is 0.467. The highest BCUT2D eigenvalue weighted by Crippen LogP contribution is 2.45. The van der Waals surface area contributed by atoms with E-state index in [1.54, 1.807) is 12.1 Å². The van der Waals surface area contributed by atoms with Crippen molar-refractivity contribution in [2.75, 3.05) is 0 Å². The Labute approximate surface area is 107 Å². The number of rotatable bonds is 1. The minimum absolute atomic E-state index is 0.177. The first-order valence-electron chi connectivity index (χ1n) is 6.04. The number of ether oxygens (including phenoxy) is 1. The van der Waals surface area contributed by atoms with Crippen LogP contribution in [0.5, 0.6) is 5.75 Å². The topological polar surface area (TPSA) is 43.4 Å². The Morgan fingerprint density at radius 2 is 1.83 bits per heavy atom. The van der Waals surface area contributed by atoms with Gasteiger partial charge in [0.05, 0.1) is 5.41 Å². The first-order valence-corrected chi connectivity index (χ1v) is 6.04. The van der Waals surface area contributed by atoms with Crippen LogP contribution in [0.4, 0.5) is 0 Å². The summed E-state index contributed by atoms with van der Waals surface area (Å²) in [7, 11) is 0. The third-order valence-corrected chi connectivity index (χ3v) is 3.43. The molecular weight excluding hydrogens is 228 g/mol. The maximum absolute atomic E-state index is 11.9. The van der Waals surface area contributed by atoms with E-state index in [2.05, 4.69) is 0 Å². The van der Waals surface area contributed by atoms with Gasteiger partial charge in [0.1, 0.15) is 12.0 Å². The summed E-state index contributed by atoms with van der Waals surface area (Å²) in [5.74, 6) is 0.370. The van der Waals surface area contributed by atoms with Crippen molar-refractivity contribution in [1.29, 1.82) is 0 Å². The molecule has 0 spiro atoms. The third kappa shape index (κ3) is 1.74. The Morgan fingerprint density at radius 3 is 2.33 bits per heavy atom. The van der Waals surface area contributed by atoms with E-state index in [1.807, 2.05) is 34.6 Å². The maximum atomic E-state index is 11.9. The summed E-state index contributed by atoms with van der Waals surface area (Å²) in [6.45, 7) is 9.76. The molecule has 3 heteroatoms. The number of hydrogen-bond acceptors (Lipinski definition) is 3. The molecule has 0 N–H and O–H groups in total. The zero-order valence-electron chi connectivity index (χ0n) is 11.5. The Balaban J connectivity index is 2.77. The van der Waals surface area contributed by atoms with Gasteiger partial charge in [0, 0.05) is 16.7 Å². The molecule has 1 heterocycles. The van der Waals surface area contributed by atoms with Crippen molar-refractivity contribution < 1.29 is 14.3 Å². The molecule has 0 radical (unpaired) electrons. The first-order chi connectivity index (χ1) is 8.17. The number of carbonyl (C=O) groups excluding carboxylic acids is 2. The summed E-state index contributed by atoms with van der Waals surface area (Å²) in [6.07, 6.45) is 0.814. The van der Waals surface area contributed by atoms with Gasteiger partial charge < -0.3 is 4.74 Å². The summed E-state index contributed by atoms with van der Waals surface area (Å²) in [5, 5.41) is 0. The zero-order valence-corrected chi connectivity index (χ0v) is 11.5. The lowest BCUT2D eigenvalue weighted by atomic mass is 9.79. The second-order valence-corrected chi connectivity index (χ2v) is 6.33. The van der Waals surface area contributed by atoms with Crippen molar-refractivity contribution in [2.45, 2.75) is 45.4 Å². The normalized spacial score (nSPS) is 17.3. The van der Waals surface area contributed by atoms with Crippen LogP contribution >= 0.6 is 0 Å². The minimum atomic E-state index is -0.686. The van der Waals surface area contributed by atoms with Gasteiger partial charge in [-0.2, -0.15) is 0 Å². The van der Waals surface area contributed by atoms with Crippen LogP contribution in [-0.4, -0.2) is 12.3 Å². The van der Waals surface area contributed by atoms with Gasteiger partial charge in [0.25, 0.3) is 0 Å². The third-order valence-electron chi connectivity index (χ3n) is 3.43. The second kappa shape index (κ2) is 3.67. The van der Waals surface area contributed by atoms with Crippen LogP contribution in [0.15, 0.2) is 12.1 Å². The van der Waals surface area contributed by atoms with Gasteiger partial charge in [0.15, 0.2) is 0 Å². The van der Waals surface area contributed by atoms with Gasteiger partial charge in [-0.15, -0.1) is 0 Å². The zero-order chi connectivity index (χ0) is 13.7. The average molecular weight is 246 g/mol. The highest BCUT2D eigenvalue weighted by Gasteiger charge is 2.43. The predicted octanol–water partition coefficient (Wildman–Crippen LogP) is 2.99. The Hall–Kier alpha value is -1.64. The summed E-state index contributed by atoms with van der Waals surface area (Å²) in [4.78, 5) is 23.0. The molecule has 1 aliphatic heterocycles. The van der Waals surface area contributed by atoms with Crippen molar-refractivity contribution in [2.24, 2.45) is 0 Å². The van der Waals surface area contributed by atoms with Crippen LogP contribution in [0.2, 0.25) is 0 Å². The van der Waals surface area contributed by atoms with Crippen LogP contribution in [0.3, 0.4) is 0 Å². The van der Waals surface area contributed by atoms with Crippen LogP contribution in [-0.2, 0) is 15.6 Å². The molecule has 1 aromatic rings. The van der Waals surface area contributed by atoms with Gasteiger partial charge in [-0.05, 0) is 31.4 Å². The lowest BCUT2D eigenvalue weighted by Gasteiger charge is -2.22. The van der Waals surface area contributed by atoms with Crippen molar-refractivity contribution in [3.63, 3.8) is 0 Å². The Kier molecular flexibility index (Phi) is 2.61. The molecule has 0 fully saturated rings. The van der Waals surface area contributed by atoms with E-state index in [1.165, 1.54) is 0 Å². The molecule has 3 nitrogen and oxygen atoms in total. The lowest BCUT2D eigenvalue weighted by molar-refractivity contribution is -0.137. The predicted molar refractivity (Wildman–Crippen MR) is 69.2 cm³/mol. The maximum Gasteiger partial charge on any atom is 0.321 e. The van der Waals surface area contributed by atoms with Gasteiger partial charge in [0.2, 0.25) is 0 Å². The largest absolute Gasteiger partial charge is 0.425 e. The van der Waals surface area contributed by atoms with Gasteiger partial charge in [-0.1, -0.05) is 20.8 Å². The monoisotopic (exact) mass is 246 g/mol. The van der Waals surface area contributed by atoms with Crippen molar-refractivity contribution in [3.05, 3.63) is 28.8 Å². The number of hydrogen-bond donors (Lipinski definition) is 0. The van der Waals surface area contributed by atoms with Crippen molar-refractivity contribution in [1.82, 2.24) is 0 Å². The van der Waals surface area contributed by atoms with Crippen molar-refractivity contribution >= 4 is 12.3 Å². The lowest BCUT2D eigenvalue weighted by Crippen LogP contribution is -2.25. The quantitative estimate of drug-likeness (QED) is 0.434. The van der Waals surface area contributed by atoms with Gasteiger partial charge in [-0.3, -0.25) is 9.59 Å². The van der Waals surface area contributed by atoms with Gasteiger partial charge in [-0.25, -0.2) is 0 Å². The van der Waals surface area contributed by atoms with E-state index >= 15 is 0 Å². The molecule has 0 saturated heterocycles. The molecule has 1 aliphatic rings. The smallest absolute Gasteiger partial charge is 0.321 e. The number of benzene rings is 1. The number of fused-ring (bicyclic) bond motifs is 1. The van der Waals surface area contributed by atoms with Crippen LogP contribution in [0.1, 0.15) is 56.1 Å². The Morgan fingerprint density at radius 1 is 1.22 bits per heavy atom. The summed E-state index contributed by atoms with van der Waals surface area (Å²) >= 11 is 0. The molecule has 0 unspecified atom stereocenters. The summed E-state index contributed by atoms with van der Waals surface area (Å²) < 4.78 is 5.42. The highest BCUT2D eigenvalue weighted by atomic mass is 16.5. The number of esters is 1. The molecule has 0 aromatic heterocycles. The Bertz CT molecular complexity index is 533. The molecule has 18 heavy (non-hydrogen) atoms. The molecule has 96 valence electrons. The van der Waals surface area contributed by atoms with E-state index in [-0.39, 0.29) is 11.4 Å². The molecule has 0 atom stereocenters. The summed E-state index contributed by atoms with van der Waals surface area (Å²) in [5.41, 5.74) is 1.44. The highest BCUT2D eigenvalue weighted by molar-refractivity contribution is 5.92. The molecular formula is C15H18O3. The molecule has 1 aromatic carbocycles. The van der Waals surface area contributed by atoms with E-state index in [4.69, 9.17) is 4.74 Å². The van der Waals surface area contributed by atoms with E-state index in [0.717, 1.165) is 17.4 Å². The second-order valence-electron chi connectivity index (χ2n) is 6.33. The van der Waals surface area contributed by atoms with Crippen LogP contribution in [0.25, 0.3) is 0 Å².